The zero-order valence-corrected chi connectivity index (χ0v) is 14.1. The maximum absolute atomic E-state index is 13.6. The van der Waals surface area contributed by atoms with E-state index in [2.05, 4.69) is 10.4 Å². The number of carbonyl (C=O) groups excluding carboxylic acids is 1. The first-order chi connectivity index (χ1) is 12.7. The number of aromatic nitrogens is 3. The van der Waals surface area contributed by atoms with Crippen LogP contribution in [0.2, 0.25) is 0 Å². The summed E-state index contributed by atoms with van der Waals surface area (Å²) < 4.78 is 22.5. The number of ether oxygens (including phenoxy) is 1. The van der Waals surface area contributed by atoms with Gasteiger partial charge in [-0.3, -0.25) is 4.79 Å². The van der Waals surface area contributed by atoms with Gasteiger partial charge in [0.25, 0.3) is 5.91 Å². The van der Waals surface area contributed by atoms with Gasteiger partial charge in [0.05, 0.1) is 18.0 Å². The lowest BCUT2D eigenvalue weighted by Crippen LogP contribution is -2.32. The van der Waals surface area contributed by atoms with E-state index in [1.54, 1.807) is 21.4 Å². The Morgan fingerprint density at radius 3 is 2.88 bits per heavy atom. The van der Waals surface area contributed by atoms with Crippen LogP contribution in [0.15, 0.2) is 55.0 Å². The van der Waals surface area contributed by atoms with Crippen molar-refractivity contribution >= 4 is 5.91 Å². The molecule has 1 saturated heterocycles. The number of nitrogens with one attached hydrogen (secondary N) is 1. The molecule has 134 valence electrons. The van der Waals surface area contributed by atoms with E-state index < -0.39 is 0 Å². The van der Waals surface area contributed by atoms with Gasteiger partial charge in [-0.15, -0.1) is 0 Å². The highest BCUT2D eigenvalue weighted by Crippen LogP contribution is 2.20. The smallest absolute Gasteiger partial charge is 0.256 e. The average molecular weight is 354 g/mol. The molecule has 26 heavy (non-hydrogen) atoms. The van der Waals surface area contributed by atoms with Crippen molar-refractivity contribution in [2.24, 2.45) is 0 Å². The highest BCUT2D eigenvalue weighted by molar-refractivity contribution is 5.97. The fourth-order valence-corrected chi connectivity index (χ4v) is 3.13. The zero-order chi connectivity index (χ0) is 17.9. The SMILES string of the molecule is O=C(NCC1CCCO1)c1cnn(-c2cccc(F)c2)c1-n1cccc1. The Labute approximate surface area is 150 Å². The Balaban J connectivity index is 1.67. The second kappa shape index (κ2) is 7.13. The maximum atomic E-state index is 13.6. The minimum atomic E-state index is -0.360. The molecule has 1 fully saturated rings. The summed E-state index contributed by atoms with van der Waals surface area (Å²) in [6.45, 7) is 1.21. The third-order valence-electron chi connectivity index (χ3n) is 4.40. The molecular formula is C19H19FN4O2. The predicted octanol–water partition coefficient (Wildman–Crippen LogP) is 2.71. The van der Waals surface area contributed by atoms with Gasteiger partial charge in [-0.2, -0.15) is 5.10 Å². The second-order valence-corrected chi connectivity index (χ2v) is 6.21. The Kier molecular flexibility index (Phi) is 4.53. The van der Waals surface area contributed by atoms with Crippen LogP contribution >= 0.6 is 0 Å². The number of amides is 1. The van der Waals surface area contributed by atoms with E-state index in [-0.39, 0.29) is 17.8 Å². The normalized spacial score (nSPS) is 16.7. The van der Waals surface area contributed by atoms with Gasteiger partial charge >= 0.3 is 0 Å². The van der Waals surface area contributed by atoms with Gasteiger partial charge in [0, 0.05) is 25.5 Å². The van der Waals surface area contributed by atoms with Gasteiger partial charge in [-0.25, -0.2) is 9.07 Å². The van der Waals surface area contributed by atoms with E-state index >= 15 is 0 Å². The van der Waals surface area contributed by atoms with Crippen LogP contribution in [0, 0.1) is 5.82 Å². The van der Waals surface area contributed by atoms with Crippen molar-refractivity contribution in [2.75, 3.05) is 13.2 Å². The van der Waals surface area contributed by atoms with Crippen LogP contribution in [0.5, 0.6) is 0 Å². The van der Waals surface area contributed by atoms with E-state index in [0.717, 1.165) is 19.4 Å². The Morgan fingerprint density at radius 2 is 2.15 bits per heavy atom. The van der Waals surface area contributed by atoms with Crippen LogP contribution in [0.1, 0.15) is 23.2 Å². The molecule has 3 heterocycles. The van der Waals surface area contributed by atoms with Crippen molar-refractivity contribution in [3.05, 3.63) is 66.4 Å². The molecule has 1 amide bonds. The van der Waals surface area contributed by atoms with Crippen LogP contribution < -0.4 is 5.32 Å². The highest BCUT2D eigenvalue weighted by atomic mass is 19.1. The van der Waals surface area contributed by atoms with Crippen molar-refractivity contribution in [3.8, 4) is 11.5 Å². The molecule has 2 aromatic heterocycles. The molecule has 1 aliphatic heterocycles. The van der Waals surface area contributed by atoms with E-state index in [1.165, 1.54) is 18.3 Å². The number of carbonyl (C=O) groups is 1. The number of rotatable bonds is 5. The molecule has 1 N–H and O–H groups in total. The summed E-state index contributed by atoms with van der Waals surface area (Å²) in [5.41, 5.74) is 0.968. The molecular weight excluding hydrogens is 335 g/mol. The van der Waals surface area contributed by atoms with E-state index in [0.29, 0.717) is 23.6 Å². The molecule has 0 bridgehead atoms. The molecule has 6 nitrogen and oxygen atoms in total. The molecule has 0 saturated carbocycles. The van der Waals surface area contributed by atoms with Crippen molar-refractivity contribution in [2.45, 2.75) is 18.9 Å². The summed E-state index contributed by atoms with van der Waals surface area (Å²) in [5, 5.41) is 7.24. The third-order valence-corrected chi connectivity index (χ3v) is 4.40. The highest BCUT2D eigenvalue weighted by Gasteiger charge is 2.22. The van der Waals surface area contributed by atoms with Crippen molar-refractivity contribution in [1.29, 1.82) is 0 Å². The number of benzene rings is 1. The van der Waals surface area contributed by atoms with Crippen LogP contribution in [0.3, 0.4) is 0 Å². The molecule has 0 spiro atoms. The molecule has 3 aromatic rings. The molecule has 7 heteroatoms. The van der Waals surface area contributed by atoms with Gasteiger partial charge in [0.1, 0.15) is 11.4 Å². The zero-order valence-electron chi connectivity index (χ0n) is 14.1. The van der Waals surface area contributed by atoms with E-state index in [1.807, 2.05) is 24.5 Å². The first-order valence-electron chi connectivity index (χ1n) is 8.59. The van der Waals surface area contributed by atoms with E-state index in [4.69, 9.17) is 4.74 Å². The van der Waals surface area contributed by atoms with Crippen molar-refractivity contribution in [1.82, 2.24) is 19.7 Å². The first kappa shape index (κ1) is 16.5. The molecule has 1 atom stereocenters. The fraction of sp³-hybridized carbons (Fsp3) is 0.263. The minimum Gasteiger partial charge on any atom is -0.376 e. The van der Waals surface area contributed by atoms with Gasteiger partial charge < -0.3 is 14.6 Å². The van der Waals surface area contributed by atoms with Crippen LogP contribution in [-0.2, 0) is 4.74 Å². The Morgan fingerprint density at radius 1 is 1.31 bits per heavy atom. The number of halogens is 1. The summed E-state index contributed by atoms with van der Waals surface area (Å²) in [4.78, 5) is 12.7. The number of hydrogen-bond acceptors (Lipinski definition) is 3. The Bertz CT molecular complexity index is 898. The van der Waals surface area contributed by atoms with Crippen LogP contribution in [0.4, 0.5) is 4.39 Å². The fourth-order valence-electron chi connectivity index (χ4n) is 3.13. The molecule has 1 unspecified atom stereocenters. The molecule has 0 radical (unpaired) electrons. The lowest BCUT2D eigenvalue weighted by molar-refractivity contribution is 0.0857. The van der Waals surface area contributed by atoms with Crippen LogP contribution in [-0.4, -0.2) is 39.5 Å². The van der Waals surface area contributed by atoms with E-state index in [9.17, 15) is 9.18 Å². The van der Waals surface area contributed by atoms with Gasteiger partial charge in [0.15, 0.2) is 5.82 Å². The number of nitrogens with zero attached hydrogens (tertiary/aromatic N) is 3. The quantitative estimate of drug-likeness (QED) is 0.766. The summed E-state index contributed by atoms with van der Waals surface area (Å²) >= 11 is 0. The summed E-state index contributed by atoms with van der Waals surface area (Å²) in [7, 11) is 0. The standard InChI is InChI=1S/C19H19FN4O2/c20-14-5-3-6-15(11-14)24-19(23-8-1-2-9-23)17(13-22-24)18(25)21-12-16-7-4-10-26-16/h1-3,5-6,8-9,11,13,16H,4,7,10,12H2,(H,21,25). The van der Waals surface area contributed by atoms with Gasteiger partial charge in [-0.1, -0.05) is 6.07 Å². The molecule has 4 rings (SSSR count). The molecule has 1 aromatic carbocycles. The average Bonchev–Trinajstić information content (AvgIpc) is 3.40. The van der Waals surface area contributed by atoms with Gasteiger partial charge in [-0.05, 0) is 43.2 Å². The summed E-state index contributed by atoms with van der Waals surface area (Å²) in [6.07, 6.45) is 7.19. The third kappa shape index (κ3) is 3.25. The van der Waals surface area contributed by atoms with Gasteiger partial charge in [0.2, 0.25) is 0 Å². The lowest BCUT2D eigenvalue weighted by Gasteiger charge is -2.13. The monoisotopic (exact) mass is 354 g/mol. The summed E-state index contributed by atoms with van der Waals surface area (Å²) in [5.74, 6) is -0.0295. The largest absolute Gasteiger partial charge is 0.376 e. The summed E-state index contributed by atoms with van der Waals surface area (Å²) in [6, 6.07) is 9.83. The number of hydrogen-bond donors (Lipinski definition) is 1. The molecule has 1 aliphatic rings. The maximum Gasteiger partial charge on any atom is 0.256 e. The lowest BCUT2D eigenvalue weighted by atomic mass is 10.2. The van der Waals surface area contributed by atoms with Crippen molar-refractivity contribution < 1.29 is 13.9 Å². The van der Waals surface area contributed by atoms with Crippen LogP contribution in [0.25, 0.3) is 11.5 Å². The first-order valence-corrected chi connectivity index (χ1v) is 8.59. The minimum absolute atomic E-state index is 0.0623. The Hall–Kier alpha value is -2.93. The molecule has 0 aliphatic carbocycles. The predicted molar refractivity (Wildman–Crippen MR) is 94.2 cm³/mol. The topological polar surface area (TPSA) is 61.1 Å². The second-order valence-electron chi connectivity index (χ2n) is 6.21. The van der Waals surface area contributed by atoms with Crippen molar-refractivity contribution in [3.63, 3.8) is 0 Å².